The average molecular weight is 389 g/mol. The quantitative estimate of drug-likeness (QED) is 0.726. The Morgan fingerprint density at radius 2 is 2.00 bits per heavy atom. The lowest BCUT2D eigenvalue weighted by atomic mass is 10.5. The molecule has 2 aromatic rings. The van der Waals surface area contributed by atoms with Gasteiger partial charge in [-0.3, -0.25) is 0 Å². The summed E-state index contributed by atoms with van der Waals surface area (Å²) in [6, 6.07) is 3.30. The van der Waals surface area contributed by atoms with E-state index < -0.39 is 10.0 Å². The molecular weight excluding hydrogens is 372 g/mol. The van der Waals surface area contributed by atoms with Gasteiger partial charge in [-0.1, -0.05) is 23.4 Å². The smallest absolute Gasteiger partial charge is 0.244 e. The van der Waals surface area contributed by atoms with Crippen LogP contribution in [0.1, 0.15) is 5.82 Å². The Morgan fingerprint density at radius 3 is 2.58 bits per heavy atom. The largest absolute Gasteiger partial charge is 0.379 e. The summed E-state index contributed by atoms with van der Waals surface area (Å²) in [5.41, 5.74) is 0. The second-order valence-corrected chi connectivity index (χ2v) is 8.51. The van der Waals surface area contributed by atoms with Crippen LogP contribution in [0.15, 0.2) is 34.4 Å². The molecule has 10 heteroatoms. The van der Waals surface area contributed by atoms with Crippen LogP contribution in [0.5, 0.6) is 0 Å². The molecule has 0 N–H and O–H groups in total. The predicted octanol–water partition coefficient (Wildman–Crippen LogP) is 1.78. The maximum Gasteiger partial charge on any atom is 0.244 e. The molecule has 0 aliphatic carbocycles. The molecule has 1 aliphatic heterocycles. The number of imidazole rings is 1. The van der Waals surface area contributed by atoms with Crippen molar-refractivity contribution in [2.24, 2.45) is 7.05 Å². The van der Waals surface area contributed by atoms with Crippen LogP contribution in [-0.2, 0) is 27.6 Å². The Balaban J connectivity index is 1.67. The summed E-state index contributed by atoms with van der Waals surface area (Å²) in [7, 11) is -1.66. The molecule has 1 saturated heterocycles. The lowest BCUT2D eigenvalue weighted by Gasteiger charge is -2.25. The highest BCUT2D eigenvalue weighted by molar-refractivity contribution is 7.98. The fourth-order valence-electron chi connectivity index (χ4n) is 2.24. The van der Waals surface area contributed by atoms with Crippen molar-refractivity contribution in [3.63, 3.8) is 0 Å². The van der Waals surface area contributed by atoms with Crippen LogP contribution in [0.25, 0.3) is 0 Å². The van der Waals surface area contributed by atoms with Crippen molar-refractivity contribution < 1.29 is 13.2 Å². The second kappa shape index (κ2) is 7.40. The van der Waals surface area contributed by atoms with Crippen LogP contribution in [0.2, 0.25) is 5.15 Å². The minimum Gasteiger partial charge on any atom is -0.379 e. The first-order valence-electron chi connectivity index (χ1n) is 7.31. The lowest BCUT2D eigenvalue weighted by Crippen LogP contribution is -2.40. The van der Waals surface area contributed by atoms with E-state index in [2.05, 4.69) is 9.97 Å². The molecule has 24 heavy (non-hydrogen) atoms. The van der Waals surface area contributed by atoms with E-state index in [-0.39, 0.29) is 4.90 Å². The minimum absolute atomic E-state index is 0.203. The van der Waals surface area contributed by atoms with Gasteiger partial charge in [0, 0.05) is 26.3 Å². The number of sulfonamides is 1. The van der Waals surface area contributed by atoms with E-state index in [9.17, 15) is 8.42 Å². The Labute approximate surface area is 150 Å². The number of pyridine rings is 1. The van der Waals surface area contributed by atoms with Crippen molar-refractivity contribution in [2.75, 3.05) is 26.3 Å². The first kappa shape index (κ1) is 17.7. The Kier molecular flexibility index (Phi) is 5.46. The summed E-state index contributed by atoms with van der Waals surface area (Å²) in [6.07, 6.45) is 3.00. The van der Waals surface area contributed by atoms with Crippen LogP contribution in [-0.4, -0.2) is 53.6 Å². The first-order valence-corrected chi connectivity index (χ1v) is 10.1. The van der Waals surface area contributed by atoms with Gasteiger partial charge in [0.2, 0.25) is 10.0 Å². The van der Waals surface area contributed by atoms with Crippen molar-refractivity contribution in [1.29, 1.82) is 0 Å². The highest BCUT2D eigenvalue weighted by Crippen LogP contribution is 2.23. The fraction of sp³-hybridized carbons (Fsp3) is 0.429. The number of thioether (sulfide) groups is 1. The van der Waals surface area contributed by atoms with Gasteiger partial charge in [0.15, 0.2) is 0 Å². The molecule has 3 rings (SSSR count). The Bertz CT molecular complexity index is 802. The third kappa shape index (κ3) is 3.75. The molecule has 0 bridgehead atoms. The highest BCUT2D eigenvalue weighted by Gasteiger charge is 2.26. The van der Waals surface area contributed by atoms with Gasteiger partial charge >= 0.3 is 0 Å². The van der Waals surface area contributed by atoms with Crippen LogP contribution in [0.4, 0.5) is 0 Å². The molecule has 0 atom stereocenters. The maximum atomic E-state index is 12.5. The summed E-state index contributed by atoms with van der Waals surface area (Å²) >= 11 is 7.43. The summed E-state index contributed by atoms with van der Waals surface area (Å²) in [4.78, 5) is 8.67. The van der Waals surface area contributed by atoms with E-state index in [1.165, 1.54) is 22.3 Å². The SMILES string of the molecule is Cn1c(Cl)cnc1CSc1ccc(S(=O)(=O)N2CCOCC2)cn1. The van der Waals surface area contributed by atoms with Gasteiger partial charge in [-0.15, -0.1) is 0 Å². The van der Waals surface area contributed by atoms with E-state index in [0.717, 1.165) is 10.9 Å². The van der Waals surface area contributed by atoms with E-state index in [0.29, 0.717) is 37.2 Å². The van der Waals surface area contributed by atoms with Crippen LogP contribution < -0.4 is 0 Å². The minimum atomic E-state index is -3.50. The second-order valence-electron chi connectivity index (χ2n) is 5.19. The molecule has 0 aromatic carbocycles. The number of hydrogen-bond acceptors (Lipinski definition) is 6. The maximum absolute atomic E-state index is 12.5. The normalized spacial score (nSPS) is 16.4. The molecule has 7 nitrogen and oxygen atoms in total. The van der Waals surface area contributed by atoms with Gasteiger partial charge in [-0.05, 0) is 12.1 Å². The number of ether oxygens (including phenoxy) is 1. The van der Waals surface area contributed by atoms with Gasteiger partial charge in [0.05, 0.1) is 30.2 Å². The van der Waals surface area contributed by atoms with Crippen LogP contribution in [0.3, 0.4) is 0 Å². The standard InChI is InChI=1S/C14H17ClN4O3S2/c1-18-12(15)9-16-13(18)10-23-14-3-2-11(8-17-14)24(20,21)19-4-6-22-7-5-19/h2-3,8-9H,4-7,10H2,1H3. The monoisotopic (exact) mass is 388 g/mol. The zero-order valence-electron chi connectivity index (χ0n) is 13.1. The Hall–Kier alpha value is -1.13. The van der Waals surface area contributed by atoms with E-state index in [4.69, 9.17) is 16.3 Å². The molecule has 2 aromatic heterocycles. The molecule has 0 radical (unpaired) electrons. The van der Waals surface area contributed by atoms with Crippen LogP contribution in [0, 0.1) is 0 Å². The average Bonchev–Trinajstić information content (AvgIpc) is 2.93. The van der Waals surface area contributed by atoms with Crippen molar-refractivity contribution in [3.05, 3.63) is 35.5 Å². The Morgan fingerprint density at radius 1 is 1.25 bits per heavy atom. The van der Waals surface area contributed by atoms with E-state index in [1.807, 2.05) is 7.05 Å². The first-order chi connectivity index (χ1) is 11.5. The van der Waals surface area contributed by atoms with Gasteiger partial charge in [-0.2, -0.15) is 4.31 Å². The zero-order chi connectivity index (χ0) is 17.2. The number of halogens is 1. The molecule has 1 aliphatic rings. The number of nitrogens with zero attached hydrogens (tertiary/aromatic N) is 4. The van der Waals surface area contributed by atoms with Gasteiger partial charge in [-0.25, -0.2) is 18.4 Å². The molecule has 130 valence electrons. The predicted molar refractivity (Wildman–Crippen MR) is 91.6 cm³/mol. The van der Waals surface area contributed by atoms with Crippen molar-refractivity contribution in [3.8, 4) is 0 Å². The summed E-state index contributed by atoms with van der Waals surface area (Å²) in [6.45, 7) is 1.59. The van der Waals surface area contributed by atoms with Gasteiger partial charge in [0.25, 0.3) is 0 Å². The number of hydrogen-bond donors (Lipinski definition) is 0. The van der Waals surface area contributed by atoms with Gasteiger partial charge < -0.3 is 9.30 Å². The van der Waals surface area contributed by atoms with Crippen molar-refractivity contribution >= 4 is 33.4 Å². The summed E-state index contributed by atoms with van der Waals surface area (Å²) < 4.78 is 33.5. The number of morpholine rings is 1. The summed E-state index contributed by atoms with van der Waals surface area (Å²) in [5.74, 6) is 1.43. The summed E-state index contributed by atoms with van der Waals surface area (Å²) in [5, 5.41) is 1.31. The molecule has 1 fully saturated rings. The fourth-order valence-corrected chi connectivity index (χ4v) is 4.57. The molecule has 3 heterocycles. The highest BCUT2D eigenvalue weighted by atomic mass is 35.5. The van der Waals surface area contributed by atoms with E-state index >= 15 is 0 Å². The van der Waals surface area contributed by atoms with Crippen LogP contribution >= 0.6 is 23.4 Å². The molecule has 0 spiro atoms. The zero-order valence-corrected chi connectivity index (χ0v) is 15.4. The molecule has 0 unspecified atom stereocenters. The van der Waals surface area contributed by atoms with Gasteiger partial charge in [0.1, 0.15) is 15.9 Å². The van der Waals surface area contributed by atoms with Crippen molar-refractivity contribution in [2.45, 2.75) is 15.7 Å². The number of aromatic nitrogens is 3. The molecular formula is C14H17ClN4O3S2. The van der Waals surface area contributed by atoms with E-state index in [1.54, 1.807) is 22.9 Å². The third-order valence-electron chi connectivity index (χ3n) is 3.69. The van der Waals surface area contributed by atoms with Crippen molar-refractivity contribution in [1.82, 2.24) is 18.8 Å². The topological polar surface area (TPSA) is 77.3 Å². The molecule has 0 saturated carbocycles. The lowest BCUT2D eigenvalue weighted by molar-refractivity contribution is 0.0730. The number of rotatable bonds is 5. The third-order valence-corrected chi connectivity index (χ3v) is 6.87. The molecule has 0 amide bonds.